The first kappa shape index (κ1) is 28.1. The molecule has 0 spiro atoms. The fourth-order valence-electron chi connectivity index (χ4n) is 4.72. The number of piperidine rings is 1. The van der Waals surface area contributed by atoms with Crippen LogP contribution >= 0.6 is 0 Å². The average Bonchev–Trinajstić information content (AvgIpc) is 2.86. The smallest absolute Gasteiger partial charge is 0.328 e. The Bertz CT molecular complexity index is 1200. The van der Waals surface area contributed by atoms with E-state index in [-0.39, 0.29) is 0 Å². The molecule has 10 heteroatoms. The van der Waals surface area contributed by atoms with Gasteiger partial charge < -0.3 is 15.1 Å². The number of sulfonamides is 1. The number of hydrogen-bond acceptors (Lipinski definition) is 6. The minimum absolute atomic E-state index is 0.481. The zero-order chi connectivity index (χ0) is 26.8. The van der Waals surface area contributed by atoms with Gasteiger partial charge in [0.15, 0.2) is 0 Å². The van der Waals surface area contributed by atoms with Crippen molar-refractivity contribution in [2.75, 3.05) is 19.6 Å². The maximum Gasteiger partial charge on any atom is 0.328 e. The van der Waals surface area contributed by atoms with Gasteiger partial charge in [0, 0.05) is 17.7 Å². The van der Waals surface area contributed by atoms with Crippen LogP contribution in [-0.4, -0.2) is 61.0 Å². The van der Waals surface area contributed by atoms with E-state index in [1.54, 1.807) is 24.3 Å². The van der Waals surface area contributed by atoms with Crippen LogP contribution < -0.4 is 4.72 Å². The van der Waals surface area contributed by atoms with Crippen LogP contribution in [0.2, 0.25) is 0 Å². The molecule has 2 aliphatic heterocycles. The van der Waals surface area contributed by atoms with Crippen molar-refractivity contribution >= 4 is 27.9 Å². The molecule has 0 aromatic heterocycles. The Morgan fingerprint density at radius 1 is 0.946 bits per heavy atom. The summed E-state index contributed by atoms with van der Waals surface area (Å²) in [6, 6.07) is 17.7. The lowest BCUT2D eigenvalue weighted by Crippen LogP contribution is -2.40. The molecule has 1 unspecified atom stereocenters. The van der Waals surface area contributed by atoms with Gasteiger partial charge in [0.25, 0.3) is 5.91 Å². The van der Waals surface area contributed by atoms with Crippen molar-refractivity contribution in [2.45, 2.75) is 37.4 Å². The fraction of sp³-hybridized carbons (Fsp3) is 0.370. The second-order valence-electron chi connectivity index (χ2n) is 9.18. The summed E-state index contributed by atoms with van der Waals surface area (Å²) in [6.07, 6.45) is 5.97. The molecule has 0 saturated carbocycles. The molecule has 0 radical (unpaired) electrons. The molecule has 198 valence electrons. The van der Waals surface area contributed by atoms with Crippen LogP contribution in [0.15, 0.2) is 66.7 Å². The molecule has 1 saturated heterocycles. The first-order valence-electron chi connectivity index (χ1n) is 12.2. The minimum Gasteiger partial charge on any atom is -0.478 e. The number of rotatable bonds is 8. The molecule has 1 fully saturated rings. The summed E-state index contributed by atoms with van der Waals surface area (Å²) in [4.78, 5) is 33.6. The van der Waals surface area contributed by atoms with Gasteiger partial charge in [-0.1, -0.05) is 48.5 Å². The van der Waals surface area contributed by atoms with Crippen molar-refractivity contribution in [3.63, 3.8) is 0 Å². The number of carboxylic acid groups (broad SMARTS) is 2. The highest BCUT2D eigenvalue weighted by molar-refractivity contribution is 7.90. The number of fused-ring (bicyclic) bond motifs is 1. The quantitative estimate of drug-likeness (QED) is 0.444. The lowest BCUT2D eigenvalue weighted by Gasteiger charge is -2.32. The summed E-state index contributed by atoms with van der Waals surface area (Å²) in [7, 11) is -3.65. The van der Waals surface area contributed by atoms with Gasteiger partial charge in [0.05, 0.1) is 0 Å². The third-order valence-electron chi connectivity index (χ3n) is 6.55. The van der Waals surface area contributed by atoms with E-state index in [4.69, 9.17) is 10.2 Å². The molecule has 1 atom stereocenters. The molecular weight excluding hydrogens is 496 g/mol. The summed E-state index contributed by atoms with van der Waals surface area (Å²) >= 11 is 0. The molecule has 2 heterocycles. The second kappa shape index (κ2) is 13.2. The van der Waals surface area contributed by atoms with Crippen molar-refractivity contribution in [3.05, 3.63) is 83.4 Å². The number of carboxylic acids is 2. The Hall–Kier alpha value is -3.50. The fourth-order valence-corrected chi connectivity index (χ4v) is 6.25. The number of carbonyl (C=O) groups is 3. The standard InChI is InChI=1S/C23H28N2O3S.C4H4O4/c26-23-21-10-5-4-9-20(21)22(29(27,28)24-23)11-6-14-25-15-12-19(13-16-25)17-18-7-2-1-3-8-18;5-3(6)1-2-4(7)8/h1-5,7-10,19,22H,6,11-17H2,(H,24,26);1-2H,(H,5,6)(H,7,8). The van der Waals surface area contributed by atoms with E-state index < -0.39 is 33.1 Å². The maximum atomic E-state index is 12.5. The third-order valence-corrected chi connectivity index (χ3v) is 8.25. The normalized spacial score (nSPS) is 19.4. The van der Waals surface area contributed by atoms with Crippen LogP contribution in [0.1, 0.15) is 52.4 Å². The highest BCUT2D eigenvalue weighted by atomic mass is 32.2. The van der Waals surface area contributed by atoms with E-state index in [1.165, 1.54) is 18.4 Å². The Morgan fingerprint density at radius 3 is 2.16 bits per heavy atom. The van der Waals surface area contributed by atoms with Gasteiger partial charge >= 0.3 is 11.9 Å². The largest absolute Gasteiger partial charge is 0.478 e. The molecule has 3 N–H and O–H groups in total. The summed E-state index contributed by atoms with van der Waals surface area (Å²) in [6.45, 7) is 3.05. The van der Waals surface area contributed by atoms with Gasteiger partial charge in [-0.3, -0.25) is 4.79 Å². The molecule has 0 aliphatic carbocycles. The molecule has 2 aliphatic rings. The number of nitrogens with one attached hydrogen (secondary N) is 1. The number of nitrogens with zero attached hydrogens (tertiary/aromatic N) is 1. The number of likely N-dealkylation sites (tertiary alicyclic amines) is 1. The molecule has 0 bridgehead atoms. The number of aliphatic carboxylic acids is 2. The lowest BCUT2D eigenvalue weighted by atomic mass is 9.90. The SMILES string of the molecule is O=C(O)C=CC(=O)O.O=C1NS(=O)(=O)C(CCCN2CCC(Cc3ccccc3)CC2)c2ccccc21. The van der Waals surface area contributed by atoms with E-state index in [9.17, 15) is 22.8 Å². The number of hydrogen-bond donors (Lipinski definition) is 3. The first-order valence-corrected chi connectivity index (χ1v) is 13.8. The molecule has 2 aromatic rings. The van der Waals surface area contributed by atoms with Crippen molar-refractivity contribution in [1.29, 1.82) is 0 Å². The average molecular weight is 529 g/mol. The van der Waals surface area contributed by atoms with Crippen molar-refractivity contribution in [3.8, 4) is 0 Å². The van der Waals surface area contributed by atoms with E-state index in [2.05, 4.69) is 40.0 Å². The highest BCUT2D eigenvalue weighted by Gasteiger charge is 2.36. The Kier molecular flexibility index (Phi) is 9.99. The second-order valence-corrected chi connectivity index (χ2v) is 11.0. The number of carbonyl (C=O) groups excluding carboxylic acids is 1. The van der Waals surface area contributed by atoms with Crippen molar-refractivity contribution < 1.29 is 33.0 Å². The predicted octanol–water partition coefficient (Wildman–Crippen LogP) is 3.25. The van der Waals surface area contributed by atoms with Crippen LogP contribution in [-0.2, 0) is 26.0 Å². The van der Waals surface area contributed by atoms with Crippen molar-refractivity contribution in [2.24, 2.45) is 5.92 Å². The van der Waals surface area contributed by atoms with Crippen LogP contribution in [0.25, 0.3) is 0 Å². The van der Waals surface area contributed by atoms with Crippen LogP contribution in [0.3, 0.4) is 0 Å². The molecular formula is C27H32N2O7S. The third kappa shape index (κ3) is 8.54. The Balaban J connectivity index is 0.000000414. The summed E-state index contributed by atoms with van der Waals surface area (Å²) in [5, 5.41) is 15.0. The maximum absolute atomic E-state index is 12.5. The number of benzene rings is 2. The Morgan fingerprint density at radius 2 is 1.54 bits per heavy atom. The Labute approximate surface area is 216 Å². The molecule has 2 aromatic carbocycles. The highest BCUT2D eigenvalue weighted by Crippen LogP contribution is 2.33. The van der Waals surface area contributed by atoms with E-state index in [0.717, 1.165) is 38.4 Å². The topological polar surface area (TPSA) is 141 Å². The lowest BCUT2D eigenvalue weighted by molar-refractivity contribution is -0.134. The van der Waals surface area contributed by atoms with Gasteiger partial charge in [-0.25, -0.2) is 22.7 Å². The summed E-state index contributed by atoms with van der Waals surface area (Å²) < 4.78 is 27.2. The van der Waals surface area contributed by atoms with Gasteiger partial charge in [-0.05, 0) is 74.8 Å². The molecule has 9 nitrogen and oxygen atoms in total. The molecule has 1 amide bonds. The zero-order valence-corrected chi connectivity index (χ0v) is 21.3. The first-order chi connectivity index (χ1) is 17.7. The number of amides is 1. The van der Waals surface area contributed by atoms with Crippen LogP contribution in [0, 0.1) is 5.92 Å². The monoisotopic (exact) mass is 528 g/mol. The minimum atomic E-state index is -3.65. The van der Waals surface area contributed by atoms with Gasteiger partial charge in [0.2, 0.25) is 10.0 Å². The molecule has 4 rings (SSSR count). The zero-order valence-electron chi connectivity index (χ0n) is 20.5. The van der Waals surface area contributed by atoms with Gasteiger partial charge in [-0.2, -0.15) is 0 Å². The van der Waals surface area contributed by atoms with E-state index >= 15 is 0 Å². The van der Waals surface area contributed by atoms with Gasteiger partial charge in [-0.15, -0.1) is 0 Å². The van der Waals surface area contributed by atoms with Crippen LogP contribution in [0.4, 0.5) is 0 Å². The summed E-state index contributed by atoms with van der Waals surface area (Å²) in [5.74, 6) is -2.30. The predicted molar refractivity (Wildman–Crippen MR) is 139 cm³/mol. The van der Waals surface area contributed by atoms with Gasteiger partial charge in [0.1, 0.15) is 5.25 Å². The van der Waals surface area contributed by atoms with E-state index in [0.29, 0.717) is 29.7 Å². The molecule has 37 heavy (non-hydrogen) atoms. The van der Waals surface area contributed by atoms with E-state index in [1.807, 2.05) is 0 Å². The summed E-state index contributed by atoms with van der Waals surface area (Å²) in [5.41, 5.74) is 2.53. The van der Waals surface area contributed by atoms with Crippen molar-refractivity contribution in [1.82, 2.24) is 9.62 Å². The van der Waals surface area contributed by atoms with Crippen LogP contribution in [0.5, 0.6) is 0 Å².